The second kappa shape index (κ2) is 10.0. The molecule has 4 aromatic rings. The van der Waals surface area contributed by atoms with Crippen LogP contribution in [0.2, 0.25) is 0 Å². The summed E-state index contributed by atoms with van der Waals surface area (Å²) >= 11 is 0. The number of benzene rings is 3. The van der Waals surface area contributed by atoms with Crippen molar-refractivity contribution >= 4 is 22.9 Å². The van der Waals surface area contributed by atoms with Gasteiger partial charge in [0.15, 0.2) is 0 Å². The van der Waals surface area contributed by atoms with Crippen LogP contribution < -0.4 is 5.32 Å². The van der Waals surface area contributed by atoms with Crippen LogP contribution in [0.5, 0.6) is 0 Å². The number of carbonyl (C=O) groups is 2. The maximum absolute atomic E-state index is 13.3. The van der Waals surface area contributed by atoms with Crippen molar-refractivity contribution in [3.8, 4) is 6.07 Å². The Kier molecular flexibility index (Phi) is 6.69. The van der Waals surface area contributed by atoms with Crippen LogP contribution in [0.15, 0.2) is 66.7 Å². The lowest BCUT2D eigenvalue weighted by molar-refractivity contribution is 0.0523. The summed E-state index contributed by atoms with van der Waals surface area (Å²) in [6, 6.07) is 22.4. The molecule has 0 saturated heterocycles. The predicted molar refractivity (Wildman–Crippen MR) is 128 cm³/mol. The second-order valence-corrected chi connectivity index (χ2v) is 7.82. The Balaban J connectivity index is 1.74. The van der Waals surface area contributed by atoms with Gasteiger partial charge in [-0.2, -0.15) is 5.26 Å². The summed E-state index contributed by atoms with van der Waals surface area (Å²) in [7, 11) is 1.88. The quantitative estimate of drug-likeness (QED) is 0.425. The molecule has 7 nitrogen and oxygen atoms in total. The average molecular weight is 453 g/mol. The highest BCUT2D eigenvalue weighted by Crippen LogP contribution is 2.25. The van der Waals surface area contributed by atoms with Crippen LogP contribution >= 0.6 is 0 Å². The number of nitriles is 1. The summed E-state index contributed by atoms with van der Waals surface area (Å²) in [5.41, 5.74) is 4.09. The number of imidazole rings is 1. The number of amides is 1. The minimum absolute atomic E-state index is 0.183. The van der Waals surface area contributed by atoms with E-state index in [0.29, 0.717) is 24.0 Å². The monoisotopic (exact) mass is 452 g/mol. The molecule has 0 bridgehead atoms. The van der Waals surface area contributed by atoms with Crippen molar-refractivity contribution in [1.29, 1.82) is 5.26 Å². The van der Waals surface area contributed by atoms with E-state index in [4.69, 9.17) is 15.0 Å². The lowest BCUT2D eigenvalue weighted by Crippen LogP contribution is -2.26. The maximum atomic E-state index is 13.3. The van der Waals surface area contributed by atoms with Gasteiger partial charge in [-0.15, -0.1) is 0 Å². The van der Waals surface area contributed by atoms with Crippen LogP contribution in [0.25, 0.3) is 11.0 Å². The molecule has 0 saturated carbocycles. The van der Waals surface area contributed by atoms with E-state index in [-0.39, 0.29) is 23.6 Å². The smallest absolute Gasteiger partial charge is 0.339 e. The number of aryl methyl sites for hydroxylation is 1. The Labute approximate surface area is 197 Å². The summed E-state index contributed by atoms with van der Waals surface area (Å²) in [5, 5.41) is 11.9. The normalized spacial score (nSPS) is 10.6. The first-order valence-corrected chi connectivity index (χ1v) is 11.0. The fourth-order valence-electron chi connectivity index (χ4n) is 3.82. The van der Waals surface area contributed by atoms with E-state index >= 15 is 0 Å². The zero-order valence-electron chi connectivity index (χ0n) is 19.0. The van der Waals surface area contributed by atoms with Gasteiger partial charge in [-0.1, -0.05) is 42.5 Å². The minimum atomic E-state index is -0.562. The molecule has 1 aromatic heterocycles. The molecular weight excluding hydrogens is 428 g/mol. The van der Waals surface area contributed by atoms with Crippen LogP contribution in [-0.4, -0.2) is 28.0 Å². The highest BCUT2D eigenvalue weighted by Gasteiger charge is 2.24. The van der Waals surface area contributed by atoms with Crippen LogP contribution in [0.3, 0.4) is 0 Å². The van der Waals surface area contributed by atoms with E-state index < -0.39 is 5.97 Å². The molecule has 0 fully saturated rings. The van der Waals surface area contributed by atoms with Crippen molar-refractivity contribution in [3.63, 3.8) is 0 Å². The zero-order valence-corrected chi connectivity index (χ0v) is 19.0. The molecular formula is C27H24N4O3. The Hall–Kier alpha value is -4.44. The van der Waals surface area contributed by atoms with Gasteiger partial charge in [0, 0.05) is 20.0 Å². The molecule has 1 heterocycles. The van der Waals surface area contributed by atoms with Crippen molar-refractivity contribution in [2.45, 2.75) is 19.9 Å². The van der Waals surface area contributed by atoms with E-state index in [9.17, 15) is 9.59 Å². The molecule has 34 heavy (non-hydrogen) atoms. The number of rotatable bonds is 7. The summed E-state index contributed by atoms with van der Waals surface area (Å²) in [6.45, 7) is 2.25. The van der Waals surface area contributed by atoms with Crippen LogP contribution in [0, 0.1) is 11.3 Å². The summed E-state index contributed by atoms with van der Waals surface area (Å²) in [4.78, 5) is 30.7. The Morgan fingerprint density at radius 3 is 2.44 bits per heavy atom. The number of aromatic nitrogens is 2. The minimum Gasteiger partial charge on any atom is -0.462 e. The van der Waals surface area contributed by atoms with Crippen LogP contribution in [0.1, 0.15) is 50.2 Å². The zero-order chi connectivity index (χ0) is 24.1. The van der Waals surface area contributed by atoms with Crippen molar-refractivity contribution in [3.05, 3.63) is 100 Å². The molecule has 0 aliphatic carbocycles. The number of esters is 1. The van der Waals surface area contributed by atoms with Gasteiger partial charge in [-0.05, 0) is 42.3 Å². The van der Waals surface area contributed by atoms with Gasteiger partial charge in [-0.3, -0.25) is 4.79 Å². The molecule has 0 aliphatic heterocycles. The van der Waals surface area contributed by atoms with E-state index in [0.717, 1.165) is 22.5 Å². The van der Waals surface area contributed by atoms with E-state index in [2.05, 4.69) is 11.4 Å². The fraction of sp³-hybridized carbons (Fsp3) is 0.185. The van der Waals surface area contributed by atoms with E-state index in [1.54, 1.807) is 31.2 Å². The molecule has 0 radical (unpaired) electrons. The predicted octanol–water partition coefficient (Wildman–Crippen LogP) is 4.14. The van der Waals surface area contributed by atoms with Crippen molar-refractivity contribution in [2.24, 2.45) is 7.05 Å². The highest BCUT2D eigenvalue weighted by atomic mass is 16.5. The van der Waals surface area contributed by atoms with Crippen molar-refractivity contribution < 1.29 is 14.3 Å². The second-order valence-electron chi connectivity index (χ2n) is 7.82. The first-order chi connectivity index (χ1) is 16.5. The topological polar surface area (TPSA) is 97.0 Å². The standard InChI is InChI=1S/C27H24N4O3/c1-3-34-27(33)21-13-14-22-25(24(21)26(32)29-17-20-7-5-4-6-8-20)30-23(31(22)2)15-18-9-11-19(16-28)12-10-18/h4-14H,3,15,17H2,1-2H3,(H,29,32). The Morgan fingerprint density at radius 1 is 1.03 bits per heavy atom. The molecule has 4 rings (SSSR count). The van der Waals surface area contributed by atoms with Crippen LogP contribution in [0.4, 0.5) is 0 Å². The van der Waals surface area contributed by atoms with Gasteiger partial charge >= 0.3 is 5.97 Å². The maximum Gasteiger partial charge on any atom is 0.339 e. The molecule has 0 unspecified atom stereocenters. The molecule has 3 aromatic carbocycles. The first-order valence-electron chi connectivity index (χ1n) is 11.0. The van der Waals surface area contributed by atoms with E-state index in [1.807, 2.05) is 54.1 Å². The molecule has 170 valence electrons. The largest absolute Gasteiger partial charge is 0.462 e. The van der Waals surface area contributed by atoms with Crippen LogP contribution in [-0.2, 0) is 24.8 Å². The highest BCUT2D eigenvalue weighted by molar-refractivity contribution is 6.13. The van der Waals surface area contributed by atoms with Gasteiger partial charge in [-0.25, -0.2) is 9.78 Å². The SMILES string of the molecule is CCOC(=O)c1ccc2c(nc(Cc3ccc(C#N)cc3)n2C)c1C(=O)NCc1ccccc1. The Morgan fingerprint density at radius 2 is 1.76 bits per heavy atom. The lowest BCUT2D eigenvalue weighted by Gasteiger charge is -2.11. The number of nitrogens with zero attached hydrogens (tertiary/aromatic N) is 3. The number of carbonyl (C=O) groups excluding carboxylic acids is 2. The third-order valence-electron chi connectivity index (χ3n) is 5.61. The summed E-state index contributed by atoms with van der Waals surface area (Å²) in [5.74, 6) is -0.216. The van der Waals surface area contributed by atoms with Gasteiger partial charge in [0.1, 0.15) is 11.3 Å². The number of hydrogen-bond donors (Lipinski definition) is 1. The number of nitrogens with one attached hydrogen (secondary N) is 1. The first kappa shape index (κ1) is 22.7. The fourth-order valence-corrected chi connectivity index (χ4v) is 3.82. The molecule has 1 N–H and O–H groups in total. The van der Waals surface area contributed by atoms with Crippen molar-refractivity contribution in [2.75, 3.05) is 6.61 Å². The number of ether oxygens (including phenoxy) is 1. The molecule has 0 spiro atoms. The van der Waals surface area contributed by atoms with Gasteiger partial charge < -0.3 is 14.6 Å². The third kappa shape index (κ3) is 4.66. The Bertz CT molecular complexity index is 1380. The third-order valence-corrected chi connectivity index (χ3v) is 5.61. The van der Waals surface area contributed by atoms with Gasteiger partial charge in [0.05, 0.1) is 34.9 Å². The van der Waals surface area contributed by atoms with Crippen molar-refractivity contribution in [1.82, 2.24) is 14.9 Å². The van der Waals surface area contributed by atoms with E-state index in [1.165, 1.54) is 0 Å². The summed E-state index contributed by atoms with van der Waals surface area (Å²) < 4.78 is 7.12. The van der Waals surface area contributed by atoms with Gasteiger partial charge in [0.2, 0.25) is 0 Å². The lowest BCUT2D eigenvalue weighted by atomic mass is 10.0. The summed E-state index contributed by atoms with van der Waals surface area (Å²) in [6.07, 6.45) is 0.511. The molecule has 1 amide bonds. The molecule has 7 heteroatoms. The molecule has 0 aliphatic rings. The van der Waals surface area contributed by atoms with Gasteiger partial charge in [0.25, 0.3) is 5.91 Å². The average Bonchev–Trinajstić information content (AvgIpc) is 3.18. The number of hydrogen-bond acceptors (Lipinski definition) is 5. The number of fused-ring (bicyclic) bond motifs is 1. The molecule has 0 atom stereocenters.